The fourth-order valence-electron chi connectivity index (χ4n) is 3.29. The number of benzene rings is 2. The van der Waals surface area contributed by atoms with Gasteiger partial charge in [-0.05, 0) is 23.8 Å². The van der Waals surface area contributed by atoms with Crippen LogP contribution in [0.3, 0.4) is 0 Å². The fraction of sp³-hybridized carbons (Fsp3) is 0.217. The van der Waals surface area contributed by atoms with Crippen molar-refractivity contribution in [3.8, 4) is 11.5 Å². The Bertz CT molecular complexity index is 927. The lowest BCUT2D eigenvalue weighted by Gasteiger charge is -2.33. The van der Waals surface area contributed by atoms with Crippen LogP contribution in [0.25, 0.3) is 17.5 Å². The predicted octanol–water partition coefficient (Wildman–Crippen LogP) is 3.70. The van der Waals surface area contributed by atoms with Crippen LogP contribution in [0.4, 0.5) is 0 Å². The smallest absolute Gasteiger partial charge is 0.246 e. The van der Waals surface area contributed by atoms with Gasteiger partial charge in [0.2, 0.25) is 11.8 Å². The molecule has 1 saturated heterocycles. The average molecular weight is 373 g/mol. The van der Waals surface area contributed by atoms with Crippen molar-refractivity contribution >= 4 is 12.0 Å². The highest BCUT2D eigenvalue weighted by atomic mass is 16.3. The summed E-state index contributed by atoms with van der Waals surface area (Å²) in [5.41, 5.74) is 2.94. The minimum atomic E-state index is 0.0660. The molecule has 4 rings (SSSR count). The molecule has 1 aliphatic rings. The summed E-state index contributed by atoms with van der Waals surface area (Å²) in [5.74, 6) is 0.715. The Morgan fingerprint density at radius 3 is 2.36 bits per heavy atom. The SMILES string of the molecule is O=C(/C=C/c1ccccc1)N1CCN(Cc2coc(-c3ccccc3)n2)CC1. The van der Waals surface area contributed by atoms with Gasteiger partial charge in [0.05, 0.1) is 5.69 Å². The van der Waals surface area contributed by atoms with Crippen LogP contribution in [0.2, 0.25) is 0 Å². The van der Waals surface area contributed by atoms with E-state index in [0.29, 0.717) is 5.89 Å². The van der Waals surface area contributed by atoms with Crippen molar-refractivity contribution in [2.45, 2.75) is 6.54 Å². The van der Waals surface area contributed by atoms with E-state index in [1.807, 2.05) is 71.6 Å². The van der Waals surface area contributed by atoms with Crippen molar-refractivity contribution in [1.82, 2.24) is 14.8 Å². The van der Waals surface area contributed by atoms with E-state index in [1.165, 1.54) is 0 Å². The molecule has 5 nitrogen and oxygen atoms in total. The number of amides is 1. The highest BCUT2D eigenvalue weighted by Gasteiger charge is 2.20. The van der Waals surface area contributed by atoms with Crippen LogP contribution in [0.1, 0.15) is 11.3 Å². The second-order valence-electron chi connectivity index (χ2n) is 6.86. The highest BCUT2D eigenvalue weighted by Crippen LogP contribution is 2.19. The maximum Gasteiger partial charge on any atom is 0.246 e. The Balaban J connectivity index is 1.28. The van der Waals surface area contributed by atoms with Crippen LogP contribution in [-0.4, -0.2) is 46.9 Å². The Morgan fingerprint density at radius 1 is 0.964 bits per heavy atom. The van der Waals surface area contributed by atoms with E-state index in [2.05, 4.69) is 9.88 Å². The maximum atomic E-state index is 12.4. The van der Waals surface area contributed by atoms with Gasteiger partial charge in [-0.2, -0.15) is 0 Å². The number of rotatable bonds is 5. The number of aromatic nitrogens is 1. The molecule has 0 aliphatic carbocycles. The third-order valence-corrected chi connectivity index (χ3v) is 4.86. The van der Waals surface area contributed by atoms with Gasteiger partial charge in [-0.1, -0.05) is 48.5 Å². The molecule has 2 aromatic carbocycles. The summed E-state index contributed by atoms with van der Waals surface area (Å²) in [4.78, 5) is 21.2. The standard InChI is InChI=1S/C23H23N3O2/c27-22(12-11-19-7-3-1-4-8-19)26-15-13-25(14-16-26)17-21-18-28-23(24-21)20-9-5-2-6-10-20/h1-12,18H,13-17H2/b12-11+. The van der Waals surface area contributed by atoms with Crippen molar-refractivity contribution in [3.63, 3.8) is 0 Å². The van der Waals surface area contributed by atoms with E-state index in [-0.39, 0.29) is 5.91 Å². The summed E-state index contributed by atoms with van der Waals surface area (Å²) in [6.45, 7) is 3.85. The molecule has 3 aromatic rings. The van der Waals surface area contributed by atoms with Gasteiger partial charge in [-0.15, -0.1) is 0 Å². The first-order chi connectivity index (χ1) is 13.8. The monoisotopic (exact) mass is 373 g/mol. The van der Waals surface area contributed by atoms with Crippen LogP contribution in [-0.2, 0) is 11.3 Å². The molecule has 142 valence electrons. The molecular formula is C23H23N3O2. The number of carbonyl (C=O) groups is 1. The lowest BCUT2D eigenvalue weighted by Crippen LogP contribution is -2.47. The van der Waals surface area contributed by atoms with Crippen LogP contribution in [0.5, 0.6) is 0 Å². The normalized spacial score (nSPS) is 15.2. The summed E-state index contributed by atoms with van der Waals surface area (Å²) in [7, 11) is 0. The average Bonchev–Trinajstić information content (AvgIpc) is 3.22. The number of piperazine rings is 1. The molecule has 2 heterocycles. The molecule has 0 unspecified atom stereocenters. The quantitative estimate of drug-likeness (QED) is 0.640. The first-order valence-corrected chi connectivity index (χ1v) is 9.52. The largest absolute Gasteiger partial charge is 0.444 e. The van der Waals surface area contributed by atoms with E-state index >= 15 is 0 Å². The summed E-state index contributed by atoms with van der Waals surface area (Å²) < 4.78 is 5.61. The lowest BCUT2D eigenvalue weighted by molar-refractivity contribution is -0.127. The molecular weight excluding hydrogens is 350 g/mol. The third-order valence-electron chi connectivity index (χ3n) is 4.86. The Kier molecular flexibility index (Phi) is 5.64. The molecule has 0 bridgehead atoms. The minimum Gasteiger partial charge on any atom is -0.444 e. The molecule has 5 heteroatoms. The zero-order valence-electron chi connectivity index (χ0n) is 15.7. The highest BCUT2D eigenvalue weighted by molar-refractivity contribution is 5.91. The van der Waals surface area contributed by atoms with Crippen LogP contribution >= 0.6 is 0 Å². The minimum absolute atomic E-state index is 0.0660. The number of hydrogen-bond donors (Lipinski definition) is 0. The summed E-state index contributed by atoms with van der Waals surface area (Å²) >= 11 is 0. The predicted molar refractivity (Wildman–Crippen MR) is 109 cm³/mol. The van der Waals surface area contributed by atoms with Crippen molar-refractivity contribution in [2.75, 3.05) is 26.2 Å². The van der Waals surface area contributed by atoms with Gasteiger partial charge in [0, 0.05) is 44.4 Å². The van der Waals surface area contributed by atoms with Crippen molar-refractivity contribution in [3.05, 3.63) is 84.3 Å². The molecule has 1 aromatic heterocycles. The molecule has 0 N–H and O–H groups in total. The number of nitrogens with zero attached hydrogens (tertiary/aromatic N) is 3. The van der Waals surface area contributed by atoms with E-state index in [4.69, 9.17) is 4.42 Å². The van der Waals surface area contributed by atoms with E-state index in [0.717, 1.165) is 49.5 Å². The van der Waals surface area contributed by atoms with Crippen LogP contribution < -0.4 is 0 Å². The zero-order chi connectivity index (χ0) is 19.2. The number of oxazole rings is 1. The summed E-state index contributed by atoms with van der Waals surface area (Å²) in [6.07, 6.45) is 5.26. The first-order valence-electron chi connectivity index (χ1n) is 9.52. The molecule has 0 saturated carbocycles. The van der Waals surface area contributed by atoms with Gasteiger partial charge in [0.15, 0.2) is 0 Å². The second kappa shape index (κ2) is 8.67. The van der Waals surface area contributed by atoms with Gasteiger partial charge >= 0.3 is 0 Å². The molecule has 0 spiro atoms. The molecule has 1 fully saturated rings. The summed E-state index contributed by atoms with van der Waals surface area (Å²) in [6, 6.07) is 19.8. The summed E-state index contributed by atoms with van der Waals surface area (Å²) in [5, 5.41) is 0. The van der Waals surface area contributed by atoms with Gasteiger partial charge in [0.1, 0.15) is 6.26 Å². The van der Waals surface area contributed by atoms with Crippen molar-refractivity contribution in [2.24, 2.45) is 0 Å². The molecule has 0 atom stereocenters. The zero-order valence-corrected chi connectivity index (χ0v) is 15.7. The maximum absolute atomic E-state index is 12.4. The van der Waals surface area contributed by atoms with Crippen LogP contribution in [0, 0.1) is 0 Å². The van der Waals surface area contributed by atoms with E-state index in [9.17, 15) is 4.79 Å². The molecule has 28 heavy (non-hydrogen) atoms. The van der Waals surface area contributed by atoms with Gasteiger partial charge < -0.3 is 9.32 Å². The molecule has 0 radical (unpaired) electrons. The van der Waals surface area contributed by atoms with Gasteiger partial charge in [0.25, 0.3) is 0 Å². The van der Waals surface area contributed by atoms with Crippen LogP contribution in [0.15, 0.2) is 77.4 Å². The Labute approximate surface area is 164 Å². The molecule has 1 aliphatic heterocycles. The Hall–Kier alpha value is -3.18. The topological polar surface area (TPSA) is 49.6 Å². The Morgan fingerprint density at radius 2 is 1.64 bits per heavy atom. The van der Waals surface area contributed by atoms with Gasteiger partial charge in [-0.25, -0.2) is 4.98 Å². The van der Waals surface area contributed by atoms with E-state index < -0.39 is 0 Å². The number of carbonyl (C=O) groups excluding carboxylic acids is 1. The van der Waals surface area contributed by atoms with Crippen molar-refractivity contribution in [1.29, 1.82) is 0 Å². The first kappa shape index (κ1) is 18.2. The third kappa shape index (κ3) is 4.56. The van der Waals surface area contributed by atoms with Gasteiger partial charge in [-0.3, -0.25) is 9.69 Å². The second-order valence-corrected chi connectivity index (χ2v) is 6.86. The molecule has 1 amide bonds. The van der Waals surface area contributed by atoms with Crippen molar-refractivity contribution < 1.29 is 9.21 Å². The van der Waals surface area contributed by atoms with E-state index in [1.54, 1.807) is 12.3 Å². The number of hydrogen-bond acceptors (Lipinski definition) is 4. The fourth-order valence-corrected chi connectivity index (χ4v) is 3.29. The lowest BCUT2D eigenvalue weighted by atomic mass is 10.2.